The Balaban J connectivity index is 0.00000144. The van der Waals surface area contributed by atoms with Crippen LogP contribution in [0.4, 0.5) is 0 Å². The average molecular weight is 378 g/mol. The fourth-order valence-electron chi connectivity index (χ4n) is 3.72. The molecule has 1 amide bonds. The van der Waals surface area contributed by atoms with Gasteiger partial charge >= 0.3 is 0 Å². The van der Waals surface area contributed by atoms with Gasteiger partial charge in [-0.2, -0.15) is 0 Å². The van der Waals surface area contributed by atoms with Crippen LogP contribution in [0.2, 0.25) is 0 Å². The van der Waals surface area contributed by atoms with E-state index < -0.39 is 0 Å². The summed E-state index contributed by atoms with van der Waals surface area (Å²) >= 11 is 0. The van der Waals surface area contributed by atoms with Crippen LogP contribution < -0.4 is 5.32 Å². The number of fused-ring (bicyclic) bond motifs is 1. The van der Waals surface area contributed by atoms with Crippen molar-refractivity contribution in [1.29, 1.82) is 0 Å². The first-order chi connectivity index (χ1) is 10.7. The summed E-state index contributed by atoms with van der Waals surface area (Å²) < 4.78 is 2.27. The number of carbonyl (C=O) groups excluding carboxylic acids is 1. The highest BCUT2D eigenvalue weighted by atomic mass is 35.5. The molecule has 0 saturated carbocycles. The summed E-state index contributed by atoms with van der Waals surface area (Å²) in [5.74, 6) is 2.36. The average Bonchev–Trinajstić information content (AvgIpc) is 2.98. The third-order valence-corrected chi connectivity index (χ3v) is 4.90. The van der Waals surface area contributed by atoms with Crippen molar-refractivity contribution in [2.24, 2.45) is 5.92 Å². The number of piperidine rings is 1. The van der Waals surface area contributed by atoms with E-state index in [0.717, 1.165) is 57.0 Å². The summed E-state index contributed by atoms with van der Waals surface area (Å²) in [6.07, 6.45) is 6.67. The lowest BCUT2D eigenvalue weighted by Crippen LogP contribution is -2.44. The molecule has 2 aliphatic rings. The first-order valence-electron chi connectivity index (χ1n) is 8.59. The minimum Gasteiger partial charge on any atom is -0.332 e. The number of hydrogen-bond donors (Lipinski definition) is 1. The van der Waals surface area contributed by atoms with Crippen LogP contribution in [-0.2, 0) is 17.8 Å². The van der Waals surface area contributed by atoms with Crippen LogP contribution in [0.25, 0.3) is 0 Å². The van der Waals surface area contributed by atoms with Gasteiger partial charge in [0.2, 0.25) is 5.91 Å². The normalized spacial score (nSPS) is 21.2. The van der Waals surface area contributed by atoms with Crippen molar-refractivity contribution >= 4 is 30.7 Å². The quantitative estimate of drug-likeness (QED) is 0.874. The molecule has 1 N–H and O–H groups in total. The van der Waals surface area contributed by atoms with Crippen LogP contribution in [0.5, 0.6) is 0 Å². The van der Waals surface area contributed by atoms with Gasteiger partial charge in [0.15, 0.2) is 5.82 Å². The summed E-state index contributed by atoms with van der Waals surface area (Å²) in [5, 5.41) is 11.9. The number of nitrogens with zero attached hydrogens (tertiary/aromatic N) is 4. The van der Waals surface area contributed by atoms with Crippen LogP contribution in [0.1, 0.15) is 56.7 Å². The molecule has 8 heteroatoms. The SMILES string of the molecule is CNCC(C)C(=O)N1CCCCC1c1nnc2n1CCCC2.Cl.Cl. The monoisotopic (exact) mass is 377 g/mol. The molecule has 0 aromatic carbocycles. The summed E-state index contributed by atoms with van der Waals surface area (Å²) in [5.41, 5.74) is 0. The number of likely N-dealkylation sites (tertiary alicyclic amines) is 1. The Kier molecular flexibility index (Phi) is 8.46. The van der Waals surface area contributed by atoms with Gasteiger partial charge in [0.1, 0.15) is 5.82 Å². The van der Waals surface area contributed by atoms with Crippen molar-refractivity contribution in [3.63, 3.8) is 0 Å². The maximum absolute atomic E-state index is 12.8. The van der Waals surface area contributed by atoms with E-state index in [2.05, 4.69) is 25.0 Å². The molecule has 0 spiro atoms. The van der Waals surface area contributed by atoms with Gasteiger partial charge in [0.25, 0.3) is 0 Å². The number of aromatic nitrogens is 3. The first-order valence-corrected chi connectivity index (χ1v) is 8.59. The molecule has 0 bridgehead atoms. The van der Waals surface area contributed by atoms with Crippen molar-refractivity contribution in [3.05, 3.63) is 11.6 Å². The van der Waals surface area contributed by atoms with E-state index in [4.69, 9.17) is 0 Å². The molecule has 138 valence electrons. The van der Waals surface area contributed by atoms with Gasteiger partial charge in [-0.05, 0) is 39.2 Å². The molecule has 3 heterocycles. The van der Waals surface area contributed by atoms with E-state index in [0.29, 0.717) is 0 Å². The van der Waals surface area contributed by atoms with Gasteiger partial charge < -0.3 is 14.8 Å². The topological polar surface area (TPSA) is 63.1 Å². The van der Waals surface area contributed by atoms with Gasteiger partial charge in [0.05, 0.1) is 6.04 Å². The fourth-order valence-corrected chi connectivity index (χ4v) is 3.72. The number of amides is 1. The number of carbonyl (C=O) groups is 1. The molecule has 0 aliphatic carbocycles. The van der Waals surface area contributed by atoms with Crippen molar-refractivity contribution in [2.45, 2.75) is 58.0 Å². The molecule has 1 saturated heterocycles. The van der Waals surface area contributed by atoms with Crippen LogP contribution in [0.3, 0.4) is 0 Å². The predicted octanol–water partition coefficient (Wildman–Crippen LogP) is 2.37. The molecule has 2 atom stereocenters. The summed E-state index contributed by atoms with van der Waals surface area (Å²) in [4.78, 5) is 14.8. The summed E-state index contributed by atoms with van der Waals surface area (Å²) in [6, 6.07) is 0.111. The Labute approximate surface area is 156 Å². The molecule has 1 aromatic heterocycles. The Morgan fingerprint density at radius 2 is 1.96 bits per heavy atom. The van der Waals surface area contributed by atoms with Crippen LogP contribution in [-0.4, -0.2) is 45.7 Å². The summed E-state index contributed by atoms with van der Waals surface area (Å²) in [7, 11) is 1.90. The third kappa shape index (κ3) is 4.21. The second-order valence-electron chi connectivity index (χ2n) is 6.59. The van der Waals surface area contributed by atoms with E-state index in [1.54, 1.807) is 0 Å². The van der Waals surface area contributed by atoms with Gasteiger partial charge in [-0.15, -0.1) is 35.0 Å². The lowest BCUT2D eigenvalue weighted by Gasteiger charge is -2.37. The maximum Gasteiger partial charge on any atom is 0.227 e. The van der Waals surface area contributed by atoms with E-state index >= 15 is 0 Å². The zero-order valence-electron chi connectivity index (χ0n) is 14.5. The van der Waals surface area contributed by atoms with E-state index in [1.807, 2.05) is 14.0 Å². The molecule has 2 aliphatic heterocycles. The Morgan fingerprint density at radius 3 is 2.71 bits per heavy atom. The van der Waals surface area contributed by atoms with Crippen LogP contribution in [0.15, 0.2) is 0 Å². The third-order valence-electron chi connectivity index (χ3n) is 4.90. The highest BCUT2D eigenvalue weighted by Crippen LogP contribution is 2.32. The molecule has 6 nitrogen and oxygen atoms in total. The maximum atomic E-state index is 12.8. The molecule has 2 unspecified atom stereocenters. The molecule has 3 rings (SSSR count). The lowest BCUT2D eigenvalue weighted by molar-refractivity contribution is -0.139. The second-order valence-corrected chi connectivity index (χ2v) is 6.59. The minimum atomic E-state index is 0. The predicted molar refractivity (Wildman–Crippen MR) is 98.9 cm³/mol. The zero-order valence-corrected chi connectivity index (χ0v) is 16.2. The number of aryl methyl sites for hydroxylation is 1. The van der Waals surface area contributed by atoms with Crippen molar-refractivity contribution < 1.29 is 4.79 Å². The van der Waals surface area contributed by atoms with Crippen molar-refractivity contribution in [1.82, 2.24) is 25.0 Å². The number of nitrogens with one attached hydrogen (secondary N) is 1. The minimum absolute atomic E-state index is 0. The zero-order chi connectivity index (χ0) is 15.5. The summed E-state index contributed by atoms with van der Waals surface area (Å²) in [6.45, 7) is 4.58. The molecule has 1 fully saturated rings. The number of rotatable bonds is 4. The van der Waals surface area contributed by atoms with Crippen LogP contribution in [0, 0.1) is 5.92 Å². The van der Waals surface area contributed by atoms with Gasteiger partial charge in [-0.25, -0.2) is 0 Å². The van der Waals surface area contributed by atoms with Gasteiger partial charge in [0, 0.05) is 32.0 Å². The van der Waals surface area contributed by atoms with E-state index in [9.17, 15) is 4.79 Å². The smallest absolute Gasteiger partial charge is 0.227 e. The first kappa shape index (κ1) is 21.2. The van der Waals surface area contributed by atoms with Crippen molar-refractivity contribution in [2.75, 3.05) is 20.1 Å². The fraction of sp³-hybridized carbons (Fsp3) is 0.812. The largest absolute Gasteiger partial charge is 0.332 e. The second kappa shape index (κ2) is 9.59. The van der Waals surface area contributed by atoms with Crippen molar-refractivity contribution in [3.8, 4) is 0 Å². The molecule has 1 aromatic rings. The van der Waals surface area contributed by atoms with E-state index in [-0.39, 0.29) is 42.7 Å². The Morgan fingerprint density at radius 1 is 1.21 bits per heavy atom. The molecule has 0 radical (unpaired) electrons. The van der Waals surface area contributed by atoms with Gasteiger partial charge in [-0.3, -0.25) is 4.79 Å². The number of hydrogen-bond acceptors (Lipinski definition) is 4. The highest BCUT2D eigenvalue weighted by molar-refractivity contribution is 5.85. The lowest BCUT2D eigenvalue weighted by atomic mass is 9.98. The highest BCUT2D eigenvalue weighted by Gasteiger charge is 2.34. The molecular formula is C16H29Cl2N5O. The van der Waals surface area contributed by atoms with Crippen LogP contribution >= 0.6 is 24.8 Å². The Bertz CT molecular complexity index is 537. The standard InChI is InChI=1S/C16H27N5O.2ClH/c1-12(11-17-2)16(22)20-9-5-3-7-13(20)15-19-18-14-8-4-6-10-21(14)15;;/h12-13,17H,3-11H2,1-2H3;2*1H. The Hall–Kier alpha value is -0.850. The molecule has 24 heavy (non-hydrogen) atoms. The molecular weight excluding hydrogens is 349 g/mol. The van der Waals surface area contributed by atoms with Gasteiger partial charge in [-0.1, -0.05) is 6.92 Å². The number of halogens is 2. The van der Waals surface area contributed by atoms with E-state index in [1.165, 1.54) is 12.8 Å².